The lowest BCUT2D eigenvalue weighted by Crippen LogP contribution is -2.13. The molecule has 0 spiro atoms. The first kappa shape index (κ1) is 14.6. The van der Waals surface area contributed by atoms with Gasteiger partial charge in [0, 0.05) is 5.56 Å². The Morgan fingerprint density at radius 1 is 1.30 bits per heavy atom. The third-order valence-corrected chi connectivity index (χ3v) is 3.70. The van der Waals surface area contributed by atoms with Gasteiger partial charge < -0.3 is 5.73 Å². The molecule has 106 valence electrons. The molecule has 5 nitrogen and oxygen atoms in total. The lowest BCUT2D eigenvalue weighted by Gasteiger charge is -2.18. The van der Waals surface area contributed by atoms with Crippen LogP contribution in [0.15, 0.2) is 29.4 Å². The smallest absolute Gasteiger partial charge is 0.227 e. The van der Waals surface area contributed by atoms with Crippen LogP contribution in [-0.2, 0) is 10.2 Å². The van der Waals surface area contributed by atoms with Gasteiger partial charge in [-0.3, -0.25) is 9.89 Å². The van der Waals surface area contributed by atoms with Crippen LogP contribution in [0.1, 0.15) is 26.3 Å². The maximum Gasteiger partial charge on any atom is 0.227 e. The van der Waals surface area contributed by atoms with Gasteiger partial charge in [-0.25, -0.2) is 4.98 Å². The van der Waals surface area contributed by atoms with Gasteiger partial charge in [-0.2, -0.15) is 0 Å². The molecule has 1 amide bonds. The van der Waals surface area contributed by atoms with E-state index in [1.165, 1.54) is 17.3 Å². The molecular formula is C14H18N4OS. The Labute approximate surface area is 122 Å². The Bertz CT molecular complexity index is 598. The lowest BCUT2D eigenvalue weighted by atomic mass is 9.87. The molecule has 0 fully saturated rings. The normalized spacial score (nSPS) is 11.6. The molecule has 0 aliphatic rings. The van der Waals surface area contributed by atoms with Crippen molar-refractivity contribution in [3.8, 4) is 11.4 Å². The summed E-state index contributed by atoms with van der Waals surface area (Å²) in [5, 5.41) is 7.45. The largest absolute Gasteiger partial charge is 0.369 e. The molecule has 0 radical (unpaired) electrons. The number of aromatic amines is 1. The van der Waals surface area contributed by atoms with E-state index < -0.39 is 0 Å². The Morgan fingerprint density at radius 3 is 2.50 bits per heavy atom. The lowest BCUT2D eigenvalue weighted by molar-refractivity contribution is -0.115. The van der Waals surface area contributed by atoms with Crippen LogP contribution in [0.25, 0.3) is 11.4 Å². The monoisotopic (exact) mass is 290 g/mol. The van der Waals surface area contributed by atoms with E-state index in [1.54, 1.807) is 0 Å². The molecule has 0 unspecified atom stereocenters. The van der Waals surface area contributed by atoms with Crippen LogP contribution >= 0.6 is 11.8 Å². The highest BCUT2D eigenvalue weighted by molar-refractivity contribution is 7.99. The fourth-order valence-corrected chi connectivity index (χ4v) is 2.24. The van der Waals surface area contributed by atoms with Crippen molar-refractivity contribution in [3.63, 3.8) is 0 Å². The summed E-state index contributed by atoms with van der Waals surface area (Å²) in [6.45, 7) is 6.53. The predicted molar refractivity (Wildman–Crippen MR) is 80.4 cm³/mol. The van der Waals surface area contributed by atoms with Gasteiger partial charge in [0.15, 0.2) is 5.82 Å². The second-order valence-corrected chi connectivity index (χ2v) is 6.49. The number of carbonyl (C=O) groups is 1. The van der Waals surface area contributed by atoms with Gasteiger partial charge in [-0.15, -0.1) is 5.10 Å². The van der Waals surface area contributed by atoms with E-state index in [2.05, 4.69) is 48.1 Å². The van der Waals surface area contributed by atoms with E-state index in [-0.39, 0.29) is 17.1 Å². The number of thioether (sulfide) groups is 1. The van der Waals surface area contributed by atoms with Crippen molar-refractivity contribution < 1.29 is 4.79 Å². The SMILES string of the molecule is CC(C)(C)c1ccc(-c2nc(SCC(N)=O)n[nH]2)cc1. The zero-order chi connectivity index (χ0) is 14.8. The standard InChI is InChI=1S/C14H18N4OS/c1-14(2,3)10-6-4-9(5-7-10)12-16-13(18-17-12)20-8-11(15)19/h4-7H,8H2,1-3H3,(H2,15,19)(H,16,17,18). The molecule has 20 heavy (non-hydrogen) atoms. The molecule has 1 aromatic heterocycles. The van der Waals surface area contributed by atoms with E-state index in [1.807, 2.05) is 12.1 Å². The summed E-state index contributed by atoms with van der Waals surface area (Å²) < 4.78 is 0. The number of primary amides is 1. The first-order chi connectivity index (χ1) is 9.36. The van der Waals surface area contributed by atoms with Crippen LogP contribution in [0.5, 0.6) is 0 Å². The first-order valence-electron chi connectivity index (χ1n) is 6.30. The van der Waals surface area contributed by atoms with Crippen LogP contribution in [0.2, 0.25) is 0 Å². The number of amides is 1. The van der Waals surface area contributed by atoms with E-state index in [0.29, 0.717) is 11.0 Å². The molecular weight excluding hydrogens is 272 g/mol. The molecule has 0 saturated heterocycles. The summed E-state index contributed by atoms with van der Waals surface area (Å²) in [6, 6.07) is 8.22. The fraction of sp³-hybridized carbons (Fsp3) is 0.357. The molecule has 0 saturated carbocycles. The third-order valence-electron chi connectivity index (χ3n) is 2.83. The molecule has 1 aromatic carbocycles. The molecule has 2 aromatic rings. The quantitative estimate of drug-likeness (QED) is 0.846. The van der Waals surface area contributed by atoms with Crippen LogP contribution in [0.4, 0.5) is 0 Å². The average molecular weight is 290 g/mol. The van der Waals surface area contributed by atoms with Crippen molar-refractivity contribution in [1.82, 2.24) is 15.2 Å². The van der Waals surface area contributed by atoms with Crippen molar-refractivity contribution in [3.05, 3.63) is 29.8 Å². The molecule has 0 aliphatic heterocycles. The Balaban J connectivity index is 2.14. The number of H-pyrrole nitrogens is 1. The van der Waals surface area contributed by atoms with E-state index in [4.69, 9.17) is 5.73 Å². The fourth-order valence-electron chi connectivity index (χ4n) is 1.70. The molecule has 6 heteroatoms. The molecule has 1 heterocycles. The Kier molecular flexibility index (Phi) is 4.13. The van der Waals surface area contributed by atoms with E-state index in [0.717, 1.165) is 5.56 Å². The molecule has 2 rings (SSSR count). The molecule has 0 aliphatic carbocycles. The number of rotatable bonds is 4. The summed E-state index contributed by atoms with van der Waals surface area (Å²) in [4.78, 5) is 15.0. The summed E-state index contributed by atoms with van der Waals surface area (Å²) in [5.41, 5.74) is 7.45. The Hall–Kier alpha value is -1.82. The van der Waals surface area contributed by atoms with Gasteiger partial charge in [0.25, 0.3) is 0 Å². The van der Waals surface area contributed by atoms with Crippen molar-refractivity contribution in [2.45, 2.75) is 31.3 Å². The first-order valence-corrected chi connectivity index (χ1v) is 7.29. The maximum atomic E-state index is 10.7. The second kappa shape index (κ2) is 5.66. The topological polar surface area (TPSA) is 84.7 Å². The number of nitrogens with zero attached hydrogens (tertiary/aromatic N) is 2. The molecule has 0 bridgehead atoms. The van der Waals surface area contributed by atoms with Gasteiger partial charge in [0.1, 0.15) is 0 Å². The second-order valence-electron chi connectivity index (χ2n) is 5.55. The van der Waals surface area contributed by atoms with Crippen molar-refractivity contribution in [1.29, 1.82) is 0 Å². The summed E-state index contributed by atoms with van der Waals surface area (Å²) in [5.74, 6) is 0.494. The van der Waals surface area contributed by atoms with Gasteiger partial charge in [-0.05, 0) is 11.0 Å². The minimum absolute atomic E-state index is 0.127. The molecule has 3 N–H and O–H groups in total. The third kappa shape index (κ3) is 3.60. The summed E-state index contributed by atoms with van der Waals surface area (Å²) in [7, 11) is 0. The van der Waals surface area contributed by atoms with Crippen LogP contribution < -0.4 is 5.73 Å². The van der Waals surface area contributed by atoms with Gasteiger partial charge in [0.2, 0.25) is 11.1 Å². The number of aromatic nitrogens is 3. The Morgan fingerprint density at radius 2 is 1.95 bits per heavy atom. The van der Waals surface area contributed by atoms with Crippen LogP contribution in [-0.4, -0.2) is 26.8 Å². The highest BCUT2D eigenvalue weighted by Gasteiger charge is 2.14. The van der Waals surface area contributed by atoms with Crippen molar-refractivity contribution in [2.24, 2.45) is 5.73 Å². The van der Waals surface area contributed by atoms with Crippen LogP contribution in [0, 0.1) is 0 Å². The number of hydrogen-bond acceptors (Lipinski definition) is 4. The van der Waals surface area contributed by atoms with E-state index >= 15 is 0 Å². The zero-order valence-electron chi connectivity index (χ0n) is 11.8. The minimum atomic E-state index is -0.379. The zero-order valence-corrected chi connectivity index (χ0v) is 12.6. The maximum absolute atomic E-state index is 10.7. The van der Waals surface area contributed by atoms with Gasteiger partial charge in [-0.1, -0.05) is 56.8 Å². The summed E-state index contributed by atoms with van der Waals surface area (Å²) >= 11 is 1.22. The van der Waals surface area contributed by atoms with Crippen molar-refractivity contribution >= 4 is 17.7 Å². The van der Waals surface area contributed by atoms with Gasteiger partial charge >= 0.3 is 0 Å². The molecule has 0 atom stereocenters. The number of benzene rings is 1. The van der Waals surface area contributed by atoms with Crippen molar-refractivity contribution in [2.75, 3.05) is 5.75 Å². The number of hydrogen-bond donors (Lipinski definition) is 2. The van der Waals surface area contributed by atoms with Gasteiger partial charge in [0.05, 0.1) is 5.75 Å². The number of nitrogens with two attached hydrogens (primary N) is 1. The number of nitrogens with one attached hydrogen (secondary N) is 1. The predicted octanol–water partition coefficient (Wildman–Crippen LogP) is 2.35. The highest BCUT2D eigenvalue weighted by atomic mass is 32.2. The highest BCUT2D eigenvalue weighted by Crippen LogP contribution is 2.25. The summed E-state index contributed by atoms with van der Waals surface area (Å²) in [6.07, 6.45) is 0. The average Bonchev–Trinajstić information content (AvgIpc) is 2.84. The number of carbonyl (C=O) groups excluding carboxylic acids is 1. The minimum Gasteiger partial charge on any atom is -0.369 e. The van der Waals surface area contributed by atoms with Crippen LogP contribution in [0.3, 0.4) is 0 Å². The van der Waals surface area contributed by atoms with E-state index in [9.17, 15) is 4.79 Å².